The molecule has 0 aliphatic carbocycles. The molecule has 0 radical (unpaired) electrons. The van der Waals surface area contributed by atoms with Gasteiger partial charge < -0.3 is 25.4 Å². The average Bonchev–Trinajstić information content (AvgIpc) is 2.67. The summed E-state index contributed by atoms with van der Waals surface area (Å²) in [5.41, 5.74) is 2.19. The Morgan fingerprint density at radius 2 is 1.86 bits per heavy atom. The van der Waals surface area contributed by atoms with Gasteiger partial charge in [-0.05, 0) is 25.5 Å². The Hall–Kier alpha value is -1.55. The highest BCUT2D eigenvalue weighted by Gasteiger charge is 2.07. The third-order valence-electron chi connectivity index (χ3n) is 3.97. The van der Waals surface area contributed by atoms with E-state index in [1.165, 1.54) is 0 Å². The van der Waals surface area contributed by atoms with Crippen LogP contribution < -0.4 is 20.7 Å². The van der Waals surface area contributed by atoms with Gasteiger partial charge in [0.1, 0.15) is 5.75 Å². The number of halogens is 1. The van der Waals surface area contributed by atoms with Crippen molar-refractivity contribution in [2.45, 2.75) is 40.7 Å². The quantitative estimate of drug-likeness (QED) is 0.171. The molecule has 7 nitrogen and oxygen atoms in total. The van der Waals surface area contributed by atoms with Crippen LogP contribution in [0.1, 0.15) is 38.3 Å². The van der Waals surface area contributed by atoms with Crippen molar-refractivity contribution in [3.05, 3.63) is 29.3 Å². The summed E-state index contributed by atoms with van der Waals surface area (Å²) in [6, 6.07) is 6.16. The highest BCUT2D eigenvalue weighted by atomic mass is 127. The molecule has 0 bridgehead atoms. The van der Waals surface area contributed by atoms with Crippen molar-refractivity contribution >= 4 is 35.8 Å². The zero-order chi connectivity index (χ0) is 20.8. The fourth-order valence-corrected chi connectivity index (χ4v) is 2.39. The standard InChI is InChI=1S/C21H36N4O3.HI/c1-6-22-21(24-11-10-23-20(26)16(2)3)25-15-18-9-8-17(4)14-19(18)28-13-7-12-27-5;/h8-9,14,16H,6-7,10-13,15H2,1-5H3,(H,23,26)(H2,22,24,25);1H. The van der Waals surface area contributed by atoms with Crippen LogP contribution in [0.2, 0.25) is 0 Å². The first-order valence-corrected chi connectivity index (χ1v) is 9.99. The number of guanidine groups is 1. The number of hydrogen-bond acceptors (Lipinski definition) is 4. The number of aryl methyl sites for hydroxylation is 1. The molecule has 0 spiro atoms. The van der Waals surface area contributed by atoms with Crippen LogP contribution in [0.3, 0.4) is 0 Å². The van der Waals surface area contributed by atoms with Gasteiger partial charge in [0.15, 0.2) is 5.96 Å². The van der Waals surface area contributed by atoms with Gasteiger partial charge in [-0.3, -0.25) is 4.79 Å². The molecular weight excluding hydrogens is 483 g/mol. The second-order valence-electron chi connectivity index (χ2n) is 6.87. The maximum Gasteiger partial charge on any atom is 0.222 e. The largest absolute Gasteiger partial charge is 0.493 e. The number of methoxy groups -OCH3 is 1. The lowest BCUT2D eigenvalue weighted by Crippen LogP contribution is -2.42. The van der Waals surface area contributed by atoms with Crippen molar-refractivity contribution in [3.63, 3.8) is 0 Å². The smallest absolute Gasteiger partial charge is 0.222 e. The van der Waals surface area contributed by atoms with E-state index in [0.717, 1.165) is 29.8 Å². The number of benzene rings is 1. The predicted octanol–water partition coefficient (Wildman–Crippen LogP) is 2.86. The van der Waals surface area contributed by atoms with E-state index in [2.05, 4.69) is 33.1 Å². The van der Waals surface area contributed by atoms with E-state index < -0.39 is 0 Å². The van der Waals surface area contributed by atoms with Crippen LogP contribution in [-0.2, 0) is 16.1 Å². The van der Waals surface area contributed by atoms with E-state index in [1.807, 2.05) is 33.8 Å². The zero-order valence-corrected chi connectivity index (χ0v) is 20.7. The fourth-order valence-electron chi connectivity index (χ4n) is 2.39. The molecule has 8 heteroatoms. The van der Waals surface area contributed by atoms with Crippen LogP contribution in [0.15, 0.2) is 23.2 Å². The van der Waals surface area contributed by atoms with Gasteiger partial charge in [-0.2, -0.15) is 0 Å². The highest BCUT2D eigenvalue weighted by Crippen LogP contribution is 2.21. The number of hydrogen-bond donors (Lipinski definition) is 3. The number of ether oxygens (including phenoxy) is 2. The first-order valence-electron chi connectivity index (χ1n) is 9.99. The SMILES string of the molecule is CCNC(=NCc1ccc(C)cc1OCCCOC)NCCNC(=O)C(C)C.I. The second-order valence-corrected chi connectivity index (χ2v) is 6.87. The van der Waals surface area contributed by atoms with Crippen LogP contribution in [0.25, 0.3) is 0 Å². The highest BCUT2D eigenvalue weighted by molar-refractivity contribution is 14.0. The minimum atomic E-state index is -0.00856. The van der Waals surface area contributed by atoms with E-state index in [9.17, 15) is 4.79 Å². The van der Waals surface area contributed by atoms with Gasteiger partial charge in [0.05, 0.1) is 13.2 Å². The van der Waals surface area contributed by atoms with Gasteiger partial charge in [0.25, 0.3) is 0 Å². The molecule has 0 aromatic heterocycles. The molecule has 1 aromatic rings. The monoisotopic (exact) mass is 520 g/mol. The third kappa shape index (κ3) is 11.9. The summed E-state index contributed by atoms with van der Waals surface area (Å²) >= 11 is 0. The molecule has 0 unspecified atom stereocenters. The summed E-state index contributed by atoms with van der Waals surface area (Å²) in [7, 11) is 1.69. The van der Waals surface area contributed by atoms with E-state index in [-0.39, 0.29) is 35.8 Å². The van der Waals surface area contributed by atoms with Crippen molar-refractivity contribution in [2.75, 3.05) is 40.0 Å². The summed E-state index contributed by atoms with van der Waals surface area (Å²) in [6.45, 7) is 11.6. The summed E-state index contributed by atoms with van der Waals surface area (Å²) in [5, 5.41) is 9.35. The molecule has 0 saturated carbocycles. The average molecular weight is 520 g/mol. The zero-order valence-electron chi connectivity index (χ0n) is 18.3. The first-order chi connectivity index (χ1) is 13.5. The third-order valence-corrected chi connectivity index (χ3v) is 3.97. The Kier molecular flexibility index (Phi) is 15.4. The number of amides is 1. The molecule has 1 rings (SSSR count). The summed E-state index contributed by atoms with van der Waals surface area (Å²) < 4.78 is 11.0. The maximum atomic E-state index is 11.6. The Balaban J connectivity index is 0.00000784. The van der Waals surface area contributed by atoms with Gasteiger partial charge in [-0.1, -0.05) is 26.0 Å². The molecule has 0 atom stereocenters. The van der Waals surface area contributed by atoms with Crippen LogP contribution in [-0.4, -0.2) is 51.8 Å². The molecule has 1 aromatic carbocycles. The van der Waals surface area contributed by atoms with Gasteiger partial charge in [-0.25, -0.2) is 4.99 Å². The molecule has 0 saturated heterocycles. The van der Waals surface area contributed by atoms with E-state index >= 15 is 0 Å². The minimum absolute atomic E-state index is 0. The Labute approximate surface area is 192 Å². The number of rotatable bonds is 12. The summed E-state index contributed by atoms with van der Waals surface area (Å²) in [4.78, 5) is 16.3. The number of carbonyl (C=O) groups is 1. The molecule has 166 valence electrons. The molecule has 3 N–H and O–H groups in total. The molecule has 0 aliphatic heterocycles. The van der Waals surface area contributed by atoms with Crippen molar-refractivity contribution in [3.8, 4) is 5.75 Å². The van der Waals surface area contributed by atoms with Crippen molar-refractivity contribution < 1.29 is 14.3 Å². The number of carbonyl (C=O) groups excluding carboxylic acids is 1. The van der Waals surface area contributed by atoms with Gasteiger partial charge in [-0.15, -0.1) is 24.0 Å². The molecule has 0 aliphatic rings. The molecule has 0 heterocycles. The topological polar surface area (TPSA) is 84.0 Å². The second kappa shape index (κ2) is 16.3. The van der Waals surface area contributed by atoms with Crippen LogP contribution >= 0.6 is 24.0 Å². The number of nitrogens with zero attached hydrogens (tertiary/aromatic N) is 1. The van der Waals surface area contributed by atoms with Gasteiger partial charge >= 0.3 is 0 Å². The van der Waals surface area contributed by atoms with Crippen molar-refractivity contribution in [1.82, 2.24) is 16.0 Å². The predicted molar refractivity (Wildman–Crippen MR) is 129 cm³/mol. The van der Waals surface area contributed by atoms with Crippen molar-refractivity contribution in [2.24, 2.45) is 10.9 Å². The number of aliphatic imine (C=N–C) groups is 1. The minimum Gasteiger partial charge on any atom is -0.493 e. The molecular formula is C21H37IN4O3. The summed E-state index contributed by atoms with van der Waals surface area (Å²) in [6.07, 6.45) is 0.847. The molecule has 1 amide bonds. The Morgan fingerprint density at radius 1 is 1.14 bits per heavy atom. The Bertz CT molecular complexity index is 624. The number of nitrogens with one attached hydrogen (secondary N) is 3. The maximum absolute atomic E-state index is 11.6. The van der Waals surface area contributed by atoms with E-state index in [4.69, 9.17) is 9.47 Å². The van der Waals surface area contributed by atoms with Crippen LogP contribution in [0, 0.1) is 12.8 Å². The van der Waals surface area contributed by atoms with Crippen LogP contribution in [0.4, 0.5) is 0 Å². The molecule has 29 heavy (non-hydrogen) atoms. The first kappa shape index (κ1) is 27.5. The van der Waals surface area contributed by atoms with Crippen LogP contribution in [0.5, 0.6) is 5.75 Å². The fraction of sp³-hybridized carbons (Fsp3) is 0.619. The lowest BCUT2D eigenvalue weighted by atomic mass is 10.1. The Morgan fingerprint density at radius 3 is 2.52 bits per heavy atom. The van der Waals surface area contributed by atoms with Gasteiger partial charge in [0, 0.05) is 51.3 Å². The van der Waals surface area contributed by atoms with E-state index in [1.54, 1.807) is 7.11 Å². The normalized spacial score (nSPS) is 11.0. The lowest BCUT2D eigenvalue weighted by molar-refractivity contribution is -0.123. The van der Waals surface area contributed by atoms with Gasteiger partial charge in [0.2, 0.25) is 5.91 Å². The van der Waals surface area contributed by atoms with Crippen molar-refractivity contribution in [1.29, 1.82) is 0 Å². The molecule has 0 fully saturated rings. The van der Waals surface area contributed by atoms with E-state index in [0.29, 0.717) is 38.8 Å². The lowest BCUT2D eigenvalue weighted by Gasteiger charge is -2.14. The summed E-state index contributed by atoms with van der Waals surface area (Å²) in [5.74, 6) is 1.62.